The molecule has 1 fully saturated rings. The van der Waals surface area contributed by atoms with Gasteiger partial charge in [0.1, 0.15) is 30.7 Å². The Morgan fingerprint density at radius 2 is 1.06 bits per heavy atom. The predicted octanol–water partition coefficient (Wildman–Crippen LogP) is 11.2. The van der Waals surface area contributed by atoms with Crippen LogP contribution in [0.1, 0.15) is 227 Å². The highest BCUT2D eigenvalue weighted by Gasteiger charge is 2.46. The summed E-state index contributed by atoms with van der Waals surface area (Å²) in [6.45, 7) is 6.83. The zero-order valence-electron chi connectivity index (χ0n) is 43.2. The van der Waals surface area contributed by atoms with Crippen LogP contribution in [0.5, 0.6) is 0 Å². The second-order valence-corrected chi connectivity index (χ2v) is 23.1. The Morgan fingerprint density at radius 3 is 1.50 bits per heavy atom. The van der Waals surface area contributed by atoms with Crippen molar-refractivity contribution in [1.82, 2.24) is 9.55 Å². The van der Waals surface area contributed by atoms with Gasteiger partial charge in [0.05, 0.1) is 13.2 Å². The van der Waals surface area contributed by atoms with Crippen molar-refractivity contribution in [2.45, 2.75) is 251 Å². The lowest BCUT2D eigenvalue weighted by atomic mass is 10.0. The van der Waals surface area contributed by atoms with Gasteiger partial charge < -0.3 is 39.9 Å². The van der Waals surface area contributed by atoms with Gasteiger partial charge in [-0.3, -0.25) is 23.2 Å². The largest absolute Gasteiger partial charge is 0.481 e. The van der Waals surface area contributed by atoms with Gasteiger partial charge in [0.25, 0.3) is 0 Å². The molecule has 0 saturated carbocycles. The minimum atomic E-state index is -5.42. The summed E-state index contributed by atoms with van der Waals surface area (Å²) in [4.78, 5) is 62.0. The third-order valence-electron chi connectivity index (χ3n) is 12.5. The van der Waals surface area contributed by atoms with Crippen LogP contribution in [0.4, 0.5) is 5.82 Å². The Hall–Kier alpha value is -2.24. The third kappa shape index (κ3) is 31.4. The summed E-state index contributed by atoms with van der Waals surface area (Å²) < 4.78 is 56.9. The van der Waals surface area contributed by atoms with Crippen LogP contribution in [0.15, 0.2) is 17.1 Å². The summed E-state index contributed by atoms with van der Waals surface area (Å²) in [5.74, 6) is 0.297. The number of unbranched alkanes of at least 4 members (excludes halogenated alkanes) is 24. The molecule has 1 aromatic heterocycles. The van der Waals surface area contributed by atoms with E-state index in [0.29, 0.717) is 12.8 Å². The number of nitrogens with two attached hydrogens (primary N) is 1. The van der Waals surface area contributed by atoms with E-state index in [-0.39, 0.29) is 18.7 Å². The fourth-order valence-corrected chi connectivity index (χ4v) is 10.5. The highest BCUT2D eigenvalue weighted by atomic mass is 31.3. The Kier molecular flexibility index (Phi) is 34.2. The number of anilines is 1. The third-order valence-corrected chi connectivity index (χ3v) is 15.1. The van der Waals surface area contributed by atoms with E-state index in [1.165, 1.54) is 128 Å². The molecule has 20 heteroatoms. The number of hydrogen-bond acceptors (Lipinski definition) is 15. The van der Waals surface area contributed by atoms with Crippen molar-refractivity contribution < 1.29 is 66.3 Å². The summed E-state index contributed by atoms with van der Waals surface area (Å²) in [6, 6.07) is 1.25. The van der Waals surface area contributed by atoms with Gasteiger partial charge in [-0.2, -0.15) is 9.29 Å². The number of esters is 2. The Bertz CT molecular complexity index is 1700. The molecular weight excluding hydrogens is 945 g/mol. The second-order valence-electron chi connectivity index (χ2n) is 20.1. The Balaban J connectivity index is 1.77. The molecule has 0 bridgehead atoms. The van der Waals surface area contributed by atoms with Gasteiger partial charge in [0.2, 0.25) is 0 Å². The van der Waals surface area contributed by atoms with E-state index < -0.39 is 83.7 Å². The lowest BCUT2D eigenvalue weighted by molar-refractivity contribution is -0.161. The average Bonchev–Trinajstić information content (AvgIpc) is 3.57. The van der Waals surface area contributed by atoms with Crippen LogP contribution in [0.25, 0.3) is 0 Å². The number of rotatable bonds is 44. The van der Waals surface area contributed by atoms with Gasteiger partial charge in [-0.05, 0) is 30.7 Å². The Labute approximate surface area is 419 Å². The van der Waals surface area contributed by atoms with E-state index in [0.717, 1.165) is 67.8 Å². The molecule has 1 saturated heterocycles. The standard InChI is InChI=1S/C50H93N3O15P2/c1-40(2)31-27-23-19-15-11-7-5-6-8-14-18-22-26-30-34-46(55)66-42(37-63-45(54)33-29-25-21-17-13-10-9-12-16-20-24-28-32-41(3)4)38-64-69(59,60)68-70(61,62)65-39-43-47(56)48(57)49(67-43)53-36-35-44(51)52-50(53)58/h35-36,40-43,47-49,56-57H,5-34,37-39H2,1-4H3,(H,59,60)(H,61,62)(H2,51,52,58)/t42-,43-,47+,48?,49-/m1/s1. The summed E-state index contributed by atoms with van der Waals surface area (Å²) in [6.07, 6.45) is 26.2. The molecule has 1 aliphatic heterocycles. The average molecular weight is 1040 g/mol. The molecule has 0 aliphatic carbocycles. The van der Waals surface area contributed by atoms with Crippen LogP contribution in [-0.2, 0) is 46.3 Å². The summed E-state index contributed by atoms with van der Waals surface area (Å²) >= 11 is 0. The Morgan fingerprint density at radius 1 is 0.643 bits per heavy atom. The number of nitrogen functional groups attached to an aromatic ring is 1. The predicted molar refractivity (Wildman–Crippen MR) is 270 cm³/mol. The van der Waals surface area contributed by atoms with Gasteiger partial charge in [-0.25, -0.2) is 13.9 Å². The molecule has 0 aromatic carbocycles. The fourth-order valence-electron chi connectivity index (χ4n) is 8.39. The van der Waals surface area contributed by atoms with Crippen LogP contribution < -0.4 is 11.4 Å². The molecule has 2 heterocycles. The van der Waals surface area contributed by atoms with E-state index >= 15 is 0 Å². The van der Waals surface area contributed by atoms with E-state index in [1.807, 2.05) is 0 Å². The SMILES string of the molecule is CC(C)CCCCCCCCCCCCCCCCC(=O)O[C@H](COC(=O)CCCCCCCCCCCCCCC(C)C)COP(=O)(O)OP(=O)(O)OC[C@H]1O[C@@H](n2ccc(N)nc2=O)C(O)[C@H]1O. The van der Waals surface area contributed by atoms with Crippen LogP contribution in [-0.4, -0.2) is 85.7 Å². The highest BCUT2D eigenvalue weighted by Crippen LogP contribution is 2.60. The lowest BCUT2D eigenvalue weighted by Gasteiger charge is -2.21. The maximum atomic E-state index is 12.9. The first-order chi connectivity index (χ1) is 33.4. The molecule has 2 rings (SSSR count). The van der Waals surface area contributed by atoms with Crippen molar-refractivity contribution in [3.05, 3.63) is 22.7 Å². The number of phosphoric ester groups is 2. The van der Waals surface area contributed by atoms with E-state index in [4.69, 9.17) is 29.0 Å². The molecular formula is C50H93N3O15P2. The van der Waals surface area contributed by atoms with Gasteiger partial charge in [0.15, 0.2) is 12.3 Å². The molecule has 7 atom stereocenters. The topological polar surface area (TPSA) is 265 Å². The zero-order chi connectivity index (χ0) is 51.6. The first kappa shape index (κ1) is 63.9. The van der Waals surface area contributed by atoms with Gasteiger partial charge in [-0.1, -0.05) is 195 Å². The van der Waals surface area contributed by atoms with E-state index in [1.54, 1.807) is 0 Å². The number of nitrogens with zero attached hydrogens (tertiary/aromatic N) is 2. The summed E-state index contributed by atoms with van der Waals surface area (Å²) in [5, 5.41) is 20.9. The van der Waals surface area contributed by atoms with Crippen LogP contribution in [0, 0.1) is 11.8 Å². The van der Waals surface area contributed by atoms with Gasteiger partial charge in [-0.15, -0.1) is 0 Å². The van der Waals surface area contributed by atoms with Crippen LogP contribution in [0.2, 0.25) is 0 Å². The molecule has 1 aliphatic rings. The van der Waals surface area contributed by atoms with E-state index in [9.17, 15) is 43.5 Å². The fraction of sp³-hybridized carbons (Fsp3) is 0.880. The maximum absolute atomic E-state index is 12.9. The zero-order valence-corrected chi connectivity index (χ0v) is 45.0. The number of aliphatic hydroxyl groups excluding tert-OH is 2. The molecule has 3 unspecified atom stereocenters. The lowest BCUT2D eigenvalue weighted by Crippen LogP contribution is -2.36. The van der Waals surface area contributed by atoms with Crippen molar-refractivity contribution in [2.24, 2.45) is 11.8 Å². The minimum Gasteiger partial charge on any atom is -0.462 e. The summed E-state index contributed by atoms with van der Waals surface area (Å²) in [7, 11) is -10.8. The maximum Gasteiger partial charge on any atom is 0.481 e. The van der Waals surface area contributed by atoms with Crippen LogP contribution >= 0.6 is 15.6 Å². The number of carbonyl (C=O) groups is 2. The first-order valence-electron chi connectivity index (χ1n) is 26.8. The number of phosphoric acid groups is 2. The van der Waals surface area contributed by atoms with Crippen molar-refractivity contribution in [3.63, 3.8) is 0 Å². The highest BCUT2D eigenvalue weighted by molar-refractivity contribution is 7.61. The van der Waals surface area contributed by atoms with Gasteiger partial charge in [0, 0.05) is 19.0 Å². The monoisotopic (exact) mass is 1040 g/mol. The molecule has 0 spiro atoms. The summed E-state index contributed by atoms with van der Waals surface area (Å²) in [5.41, 5.74) is 4.60. The smallest absolute Gasteiger partial charge is 0.462 e. The van der Waals surface area contributed by atoms with Crippen molar-refractivity contribution in [1.29, 1.82) is 0 Å². The van der Waals surface area contributed by atoms with Crippen molar-refractivity contribution in [2.75, 3.05) is 25.6 Å². The molecule has 1 aromatic rings. The number of carbonyl (C=O) groups excluding carboxylic acids is 2. The van der Waals surface area contributed by atoms with Crippen LogP contribution in [0.3, 0.4) is 0 Å². The molecule has 0 amide bonds. The quantitative estimate of drug-likeness (QED) is 0.0231. The number of aromatic nitrogens is 2. The van der Waals surface area contributed by atoms with Crippen molar-refractivity contribution >= 4 is 33.4 Å². The van der Waals surface area contributed by atoms with E-state index in [2.05, 4.69) is 37.0 Å². The number of hydrogen-bond donors (Lipinski definition) is 5. The number of ether oxygens (including phenoxy) is 3. The molecule has 6 N–H and O–H groups in total. The molecule has 408 valence electrons. The normalized spacial score (nSPS) is 19.3. The van der Waals surface area contributed by atoms with Crippen molar-refractivity contribution in [3.8, 4) is 0 Å². The first-order valence-corrected chi connectivity index (χ1v) is 29.8. The minimum absolute atomic E-state index is 0.0570. The second kappa shape index (κ2) is 37.5. The molecule has 70 heavy (non-hydrogen) atoms. The van der Waals surface area contributed by atoms with Gasteiger partial charge >= 0.3 is 33.3 Å². The number of aliphatic hydroxyl groups is 2. The molecule has 0 radical (unpaired) electrons. The molecule has 18 nitrogen and oxygen atoms in total.